The van der Waals surface area contributed by atoms with E-state index >= 15 is 0 Å². The monoisotopic (exact) mass is 354 g/mol. The lowest BCUT2D eigenvalue weighted by atomic mass is 10.0. The van der Waals surface area contributed by atoms with E-state index in [1.54, 1.807) is 10.7 Å². The summed E-state index contributed by atoms with van der Waals surface area (Å²) in [5.41, 5.74) is 2.60. The molecule has 1 fully saturated rings. The Morgan fingerprint density at radius 3 is 2.79 bits per heavy atom. The van der Waals surface area contributed by atoms with E-state index in [-0.39, 0.29) is 6.04 Å². The first-order chi connectivity index (χ1) is 11.4. The molecular weight excluding hydrogens is 334 g/mol. The first kappa shape index (κ1) is 17.2. The number of hydrogen-bond donors (Lipinski definition) is 1. The van der Waals surface area contributed by atoms with Crippen molar-refractivity contribution < 1.29 is 8.78 Å². The van der Waals surface area contributed by atoms with E-state index in [4.69, 9.17) is 11.6 Å². The standard InChI is InChI=1S/C17H21ClF2N4/c1-11-14(17(18)23(2)22-11)10-24-7-3-4-13(9-24)21-12-5-6-15(19)16(20)8-12/h5-6,8,13,21H,3-4,7,9-10H2,1-2H3/t13-/m0/s1. The molecule has 1 aliphatic rings. The first-order valence-electron chi connectivity index (χ1n) is 8.06. The minimum absolute atomic E-state index is 0.194. The van der Waals surface area contributed by atoms with E-state index < -0.39 is 11.6 Å². The Kier molecular flexibility index (Phi) is 5.06. The molecule has 1 saturated heterocycles. The van der Waals surface area contributed by atoms with Gasteiger partial charge in [-0.1, -0.05) is 11.6 Å². The highest BCUT2D eigenvalue weighted by Gasteiger charge is 2.22. The highest BCUT2D eigenvalue weighted by Crippen LogP contribution is 2.24. The highest BCUT2D eigenvalue weighted by molar-refractivity contribution is 6.30. The molecule has 1 aromatic carbocycles. The molecule has 0 spiro atoms. The Hall–Kier alpha value is -1.66. The third-order valence-electron chi connectivity index (χ3n) is 4.45. The van der Waals surface area contributed by atoms with Gasteiger partial charge in [0.25, 0.3) is 0 Å². The van der Waals surface area contributed by atoms with Crippen LogP contribution in [0, 0.1) is 18.6 Å². The van der Waals surface area contributed by atoms with E-state index in [1.165, 1.54) is 6.07 Å². The van der Waals surface area contributed by atoms with Gasteiger partial charge in [-0.25, -0.2) is 8.78 Å². The Morgan fingerprint density at radius 1 is 1.33 bits per heavy atom. The van der Waals surface area contributed by atoms with Crippen molar-refractivity contribution in [2.75, 3.05) is 18.4 Å². The van der Waals surface area contributed by atoms with E-state index in [0.29, 0.717) is 10.8 Å². The summed E-state index contributed by atoms with van der Waals surface area (Å²) in [5.74, 6) is -1.65. The average molecular weight is 355 g/mol. The molecule has 1 atom stereocenters. The van der Waals surface area contributed by atoms with Gasteiger partial charge in [0.15, 0.2) is 11.6 Å². The van der Waals surface area contributed by atoms with Crippen LogP contribution in [0.1, 0.15) is 24.1 Å². The van der Waals surface area contributed by atoms with Crippen molar-refractivity contribution in [1.82, 2.24) is 14.7 Å². The van der Waals surface area contributed by atoms with Crippen molar-refractivity contribution in [1.29, 1.82) is 0 Å². The minimum atomic E-state index is -0.828. The van der Waals surface area contributed by atoms with Crippen molar-refractivity contribution in [2.24, 2.45) is 7.05 Å². The number of aryl methyl sites for hydroxylation is 2. The lowest BCUT2D eigenvalue weighted by molar-refractivity contribution is 0.208. The molecular formula is C17H21ClF2N4. The number of piperidine rings is 1. The molecule has 0 radical (unpaired) electrons. The van der Waals surface area contributed by atoms with Crippen LogP contribution in [-0.4, -0.2) is 33.8 Å². The number of anilines is 1. The molecule has 0 amide bonds. The van der Waals surface area contributed by atoms with Gasteiger partial charge in [-0.05, 0) is 38.4 Å². The molecule has 4 nitrogen and oxygen atoms in total. The van der Waals surface area contributed by atoms with Crippen LogP contribution in [0.2, 0.25) is 5.15 Å². The Balaban J connectivity index is 1.64. The van der Waals surface area contributed by atoms with E-state index in [1.807, 2.05) is 14.0 Å². The summed E-state index contributed by atoms with van der Waals surface area (Å²) < 4.78 is 28.1. The summed E-state index contributed by atoms with van der Waals surface area (Å²) in [4.78, 5) is 2.32. The zero-order valence-electron chi connectivity index (χ0n) is 13.8. The molecule has 2 heterocycles. The maximum atomic E-state index is 13.3. The van der Waals surface area contributed by atoms with Crippen LogP contribution in [-0.2, 0) is 13.6 Å². The third-order valence-corrected chi connectivity index (χ3v) is 4.92. The van der Waals surface area contributed by atoms with Crippen LogP contribution < -0.4 is 5.32 Å². The first-order valence-corrected chi connectivity index (χ1v) is 8.43. The smallest absolute Gasteiger partial charge is 0.160 e. The molecule has 0 bridgehead atoms. The number of hydrogen-bond acceptors (Lipinski definition) is 3. The average Bonchev–Trinajstić information content (AvgIpc) is 2.78. The molecule has 1 aromatic heterocycles. The Morgan fingerprint density at radius 2 is 2.12 bits per heavy atom. The van der Waals surface area contributed by atoms with Gasteiger partial charge in [0.2, 0.25) is 0 Å². The number of benzene rings is 1. The summed E-state index contributed by atoms with van der Waals surface area (Å²) in [5, 5.41) is 8.31. The predicted octanol–water partition coefficient (Wildman–Crippen LogP) is 3.74. The van der Waals surface area contributed by atoms with Crippen LogP contribution in [0.3, 0.4) is 0 Å². The van der Waals surface area contributed by atoms with Gasteiger partial charge < -0.3 is 5.32 Å². The maximum Gasteiger partial charge on any atom is 0.160 e. The SMILES string of the molecule is Cc1nn(C)c(Cl)c1CN1CCC[C@H](Nc2ccc(F)c(F)c2)C1. The quantitative estimate of drug-likeness (QED) is 0.908. The molecule has 24 heavy (non-hydrogen) atoms. The number of nitrogens with zero attached hydrogens (tertiary/aromatic N) is 3. The Labute approximate surface area is 145 Å². The van der Waals surface area contributed by atoms with Gasteiger partial charge in [-0.15, -0.1) is 0 Å². The van der Waals surface area contributed by atoms with Crippen molar-refractivity contribution in [3.63, 3.8) is 0 Å². The van der Waals surface area contributed by atoms with E-state index in [2.05, 4.69) is 15.3 Å². The van der Waals surface area contributed by atoms with Crippen molar-refractivity contribution in [2.45, 2.75) is 32.4 Å². The number of nitrogens with one attached hydrogen (secondary N) is 1. The molecule has 0 unspecified atom stereocenters. The van der Waals surface area contributed by atoms with Gasteiger partial charge in [-0.3, -0.25) is 9.58 Å². The van der Waals surface area contributed by atoms with Gasteiger partial charge in [0.05, 0.1) is 5.69 Å². The second kappa shape index (κ2) is 7.07. The summed E-state index contributed by atoms with van der Waals surface area (Å²) >= 11 is 6.31. The lowest BCUT2D eigenvalue weighted by Gasteiger charge is -2.33. The molecule has 7 heteroatoms. The fourth-order valence-electron chi connectivity index (χ4n) is 3.22. The molecule has 130 valence electrons. The number of rotatable bonds is 4. The van der Waals surface area contributed by atoms with E-state index in [9.17, 15) is 8.78 Å². The zero-order valence-corrected chi connectivity index (χ0v) is 14.6. The van der Waals surface area contributed by atoms with Crippen LogP contribution in [0.4, 0.5) is 14.5 Å². The number of halogens is 3. The van der Waals surface area contributed by atoms with Gasteiger partial charge in [-0.2, -0.15) is 5.10 Å². The van der Waals surface area contributed by atoms with Crippen LogP contribution in [0.15, 0.2) is 18.2 Å². The molecule has 1 aliphatic heterocycles. The van der Waals surface area contributed by atoms with Crippen molar-refractivity contribution in [3.8, 4) is 0 Å². The lowest BCUT2D eigenvalue weighted by Crippen LogP contribution is -2.41. The minimum Gasteiger partial charge on any atom is -0.381 e. The predicted molar refractivity (Wildman–Crippen MR) is 91.2 cm³/mol. The molecule has 2 aromatic rings. The fraction of sp³-hybridized carbons (Fsp3) is 0.471. The highest BCUT2D eigenvalue weighted by atomic mass is 35.5. The summed E-state index contributed by atoms with van der Waals surface area (Å²) in [6.07, 6.45) is 2.04. The number of likely N-dealkylation sites (tertiary alicyclic amines) is 1. The summed E-state index contributed by atoms with van der Waals surface area (Å²) in [7, 11) is 1.84. The molecule has 0 saturated carbocycles. The normalized spacial score (nSPS) is 18.8. The van der Waals surface area contributed by atoms with Gasteiger partial charge >= 0.3 is 0 Å². The van der Waals surface area contributed by atoms with Crippen LogP contribution >= 0.6 is 11.6 Å². The van der Waals surface area contributed by atoms with Crippen LogP contribution in [0.5, 0.6) is 0 Å². The molecule has 1 N–H and O–H groups in total. The van der Waals surface area contributed by atoms with Gasteiger partial charge in [0.1, 0.15) is 5.15 Å². The van der Waals surface area contributed by atoms with Crippen molar-refractivity contribution >= 4 is 17.3 Å². The second-order valence-electron chi connectivity index (χ2n) is 6.33. The fourth-order valence-corrected chi connectivity index (χ4v) is 3.45. The van der Waals surface area contributed by atoms with E-state index in [0.717, 1.165) is 49.8 Å². The van der Waals surface area contributed by atoms with Gasteiger partial charge in [0, 0.05) is 43.5 Å². The second-order valence-corrected chi connectivity index (χ2v) is 6.68. The van der Waals surface area contributed by atoms with Crippen molar-refractivity contribution in [3.05, 3.63) is 46.2 Å². The maximum absolute atomic E-state index is 13.3. The summed E-state index contributed by atoms with van der Waals surface area (Å²) in [6, 6.07) is 4.12. The van der Waals surface area contributed by atoms with Crippen LogP contribution in [0.25, 0.3) is 0 Å². The molecule has 3 rings (SSSR count). The molecule has 0 aliphatic carbocycles. The summed E-state index contributed by atoms with van der Waals surface area (Å²) in [6.45, 7) is 4.51. The Bertz CT molecular complexity index is 732. The topological polar surface area (TPSA) is 33.1 Å². The largest absolute Gasteiger partial charge is 0.381 e. The zero-order chi connectivity index (χ0) is 17.3. The number of aromatic nitrogens is 2. The third kappa shape index (κ3) is 3.70.